The molecule has 2 heterocycles. The zero-order chi connectivity index (χ0) is 13.9. The number of ether oxygens (including phenoxy) is 1. The Morgan fingerprint density at radius 3 is 2.80 bits per heavy atom. The van der Waals surface area contributed by atoms with Crippen LogP contribution in [0.5, 0.6) is 0 Å². The molecule has 0 spiro atoms. The molecule has 1 aliphatic rings. The van der Waals surface area contributed by atoms with Crippen LogP contribution in [-0.4, -0.2) is 29.1 Å². The minimum Gasteiger partial charge on any atom is -0.380 e. The molecule has 0 bridgehead atoms. The normalized spacial score (nSPS) is 19.2. The third-order valence-corrected chi connectivity index (χ3v) is 3.53. The van der Waals surface area contributed by atoms with Gasteiger partial charge in [0, 0.05) is 12.0 Å². The van der Waals surface area contributed by atoms with Gasteiger partial charge in [-0.05, 0) is 12.0 Å². The average Bonchev–Trinajstić information content (AvgIpc) is 2.97. The van der Waals surface area contributed by atoms with Crippen molar-refractivity contribution in [1.29, 1.82) is 0 Å². The van der Waals surface area contributed by atoms with E-state index in [9.17, 15) is 4.79 Å². The minimum atomic E-state index is -0.417. The van der Waals surface area contributed by atoms with Gasteiger partial charge in [-0.1, -0.05) is 36.3 Å². The van der Waals surface area contributed by atoms with Crippen LogP contribution < -0.4 is 0 Å². The van der Waals surface area contributed by atoms with Crippen LogP contribution in [-0.2, 0) is 16.0 Å². The van der Waals surface area contributed by atoms with E-state index in [4.69, 9.17) is 9.26 Å². The second kappa shape index (κ2) is 5.54. The topological polar surface area (TPSA) is 65.2 Å². The number of benzene rings is 1. The van der Waals surface area contributed by atoms with Gasteiger partial charge in [-0.2, -0.15) is 4.98 Å². The van der Waals surface area contributed by atoms with Gasteiger partial charge < -0.3 is 9.26 Å². The third kappa shape index (κ3) is 2.49. The molecule has 5 heteroatoms. The van der Waals surface area contributed by atoms with Crippen molar-refractivity contribution in [3.8, 4) is 11.4 Å². The fourth-order valence-corrected chi connectivity index (χ4v) is 2.23. The van der Waals surface area contributed by atoms with Gasteiger partial charge in [-0.15, -0.1) is 0 Å². The summed E-state index contributed by atoms with van der Waals surface area (Å²) < 4.78 is 10.5. The van der Waals surface area contributed by atoms with Crippen molar-refractivity contribution in [1.82, 2.24) is 10.1 Å². The molecule has 1 saturated heterocycles. The number of ketones is 1. The molecule has 1 aromatic heterocycles. The molecule has 2 aromatic rings. The van der Waals surface area contributed by atoms with Crippen molar-refractivity contribution in [2.24, 2.45) is 0 Å². The Hall–Kier alpha value is -2.01. The summed E-state index contributed by atoms with van der Waals surface area (Å²) in [4.78, 5) is 16.1. The molecule has 0 radical (unpaired) electrons. The van der Waals surface area contributed by atoms with Gasteiger partial charge in [0.05, 0.1) is 13.2 Å². The number of hydrogen-bond acceptors (Lipinski definition) is 5. The average molecular weight is 272 g/mol. The van der Waals surface area contributed by atoms with Gasteiger partial charge in [-0.25, -0.2) is 0 Å². The Labute approximate surface area is 116 Å². The molecule has 5 nitrogen and oxygen atoms in total. The van der Waals surface area contributed by atoms with Crippen molar-refractivity contribution < 1.29 is 14.1 Å². The first kappa shape index (κ1) is 13.0. The zero-order valence-corrected chi connectivity index (χ0v) is 11.3. The number of Topliss-reactive ketones (excluding diaryl/α,β-unsaturated/α-hetero) is 1. The number of hydrogen-bond donors (Lipinski definition) is 0. The fraction of sp³-hybridized carbons (Fsp3) is 0.400. The molecular weight excluding hydrogens is 256 g/mol. The summed E-state index contributed by atoms with van der Waals surface area (Å²) in [6.45, 7) is 2.92. The maximum Gasteiger partial charge on any atom is 0.239 e. The van der Waals surface area contributed by atoms with E-state index >= 15 is 0 Å². The molecule has 3 rings (SSSR count). The number of aromatic nitrogens is 2. The molecular formula is C15H16N2O3. The van der Waals surface area contributed by atoms with Gasteiger partial charge in [0.25, 0.3) is 0 Å². The lowest BCUT2D eigenvalue weighted by Crippen LogP contribution is -2.25. The van der Waals surface area contributed by atoms with E-state index in [2.05, 4.69) is 17.1 Å². The molecule has 1 atom stereocenters. The summed E-state index contributed by atoms with van der Waals surface area (Å²) in [7, 11) is 0. The summed E-state index contributed by atoms with van der Waals surface area (Å²) in [6.07, 6.45) is 1.40. The molecule has 0 amide bonds. The van der Waals surface area contributed by atoms with E-state index in [1.54, 1.807) is 0 Å². The van der Waals surface area contributed by atoms with Crippen molar-refractivity contribution in [2.75, 3.05) is 13.2 Å². The van der Waals surface area contributed by atoms with Crippen molar-refractivity contribution in [3.05, 3.63) is 35.7 Å². The number of aryl methyl sites for hydroxylation is 1. The van der Waals surface area contributed by atoms with Crippen LogP contribution >= 0.6 is 0 Å². The summed E-state index contributed by atoms with van der Waals surface area (Å²) in [5, 5.41) is 3.96. The highest BCUT2D eigenvalue weighted by Crippen LogP contribution is 2.24. The molecule has 1 fully saturated rings. The Morgan fingerprint density at radius 1 is 1.30 bits per heavy atom. The second-order valence-corrected chi connectivity index (χ2v) is 4.85. The molecule has 1 unspecified atom stereocenters. The third-order valence-electron chi connectivity index (χ3n) is 3.53. The number of rotatable bonds is 3. The highest BCUT2D eigenvalue weighted by molar-refractivity contribution is 5.85. The number of carbonyl (C=O) groups excluding carboxylic acids is 1. The SMILES string of the molecule is CCc1ccc(-c2noc(C3COCCC3=O)n2)cc1. The van der Waals surface area contributed by atoms with Crippen molar-refractivity contribution in [3.63, 3.8) is 0 Å². The molecule has 104 valence electrons. The summed E-state index contributed by atoms with van der Waals surface area (Å²) in [5.74, 6) is 0.554. The van der Waals surface area contributed by atoms with Crippen molar-refractivity contribution in [2.45, 2.75) is 25.7 Å². The fourth-order valence-electron chi connectivity index (χ4n) is 2.23. The lowest BCUT2D eigenvalue weighted by Gasteiger charge is -2.16. The molecule has 20 heavy (non-hydrogen) atoms. The highest BCUT2D eigenvalue weighted by atomic mass is 16.5. The van der Waals surface area contributed by atoms with Crippen LogP contribution in [0, 0.1) is 0 Å². The maximum atomic E-state index is 11.8. The first-order valence-corrected chi connectivity index (χ1v) is 6.81. The van der Waals surface area contributed by atoms with Gasteiger partial charge in [-0.3, -0.25) is 4.79 Å². The maximum absolute atomic E-state index is 11.8. The quantitative estimate of drug-likeness (QED) is 0.858. The lowest BCUT2D eigenvalue weighted by atomic mass is 10.0. The van der Waals surface area contributed by atoms with E-state index in [1.807, 2.05) is 24.3 Å². The molecule has 0 N–H and O–H groups in total. The first-order chi connectivity index (χ1) is 9.78. The van der Waals surface area contributed by atoms with Crippen LogP contribution in [0.3, 0.4) is 0 Å². The Bertz CT molecular complexity index is 604. The summed E-state index contributed by atoms with van der Waals surface area (Å²) in [6, 6.07) is 8.01. The van der Waals surface area contributed by atoms with E-state index < -0.39 is 5.92 Å². The van der Waals surface area contributed by atoms with E-state index in [-0.39, 0.29) is 5.78 Å². The molecule has 0 saturated carbocycles. The predicted molar refractivity (Wildman–Crippen MR) is 72.3 cm³/mol. The molecule has 1 aliphatic heterocycles. The zero-order valence-electron chi connectivity index (χ0n) is 11.3. The van der Waals surface area contributed by atoms with Crippen LogP contribution in [0.25, 0.3) is 11.4 Å². The van der Waals surface area contributed by atoms with Crippen LogP contribution in [0.2, 0.25) is 0 Å². The Morgan fingerprint density at radius 2 is 2.10 bits per heavy atom. The minimum absolute atomic E-state index is 0.104. The summed E-state index contributed by atoms with van der Waals surface area (Å²) in [5.41, 5.74) is 2.15. The van der Waals surface area contributed by atoms with Crippen molar-refractivity contribution >= 4 is 5.78 Å². The molecule has 0 aliphatic carbocycles. The lowest BCUT2D eigenvalue weighted by molar-refractivity contribution is -0.127. The van der Waals surface area contributed by atoms with Crippen LogP contribution in [0.15, 0.2) is 28.8 Å². The van der Waals surface area contributed by atoms with Gasteiger partial charge in [0.2, 0.25) is 11.7 Å². The predicted octanol–water partition coefficient (Wildman–Crippen LogP) is 2.37. The number of carbonyl (C=O) groups is 1. The van der Waals surface area contributed by atoms with E-state index in [1.165, 1.54) is 5.56 Å². The second-order valence-electron chi connectivity index (χ2n) is 4.85. The summed E-state index contributed by atoms with van der Waals surface area (Å²) >= 11 is 0. The standard InChI is InChI=1S/C15H16N2O3/c1-2-10-3-5-11(6-4-10)14-16-15(20-17-14)12-9-19-8-7-13(12)18/h3-6,12H,2,7-9H2,1H3. The van der Waals surface area contributed by atoms with Gasteiger partial charge in [0.1, 0.15) is 11.7 Å². The Balaban J connectivity index is 1.83. The van der Waals surface area contributed by atoms with Gasteiger partial charge >= 0.3 is 0 Å². The highest BCUT2D eigenvalue weighted by Gasteiger charge is 2.29. The van der Waals surface area contributed by atoms with E-state index in [0.717, 1.165) is 12.0 Å². The van der Waals surface area contributed by atoms with Crippen LogP contribution in [0.4, 0.5) is 0 Å². The monoisotopic (exact) mass is 272 g/mol. The molecule has 1 aromatic carbocycles. The Kier molecular flexibility index (Phi) is 3.60. The largest absolute Gasteiger partial charge is 0.380 e. The smallest absolute Gasteiger partial charge is 0.239 e. The van der Waals surface area contributed by atoms with Crippen LogP contribution in [0.1, 0.15) is 30.7 Å². The first-order valence-electron chi connectivity index (χ1n) is 6.81. The van der Waals surface area contributed by atoms with Gasteiger partial charge in [0.15, 0.2) is 0 Å². The van der Waals surface area contributed by atoms with E-state index in [0.29, 0.717) is 31.3 Å². The number of nitrogens with zero attached hydrogens (tertiary/aromatic N) is 2.